The first-order valence-corrected chi connectivity index (χ1v) is 7.47. The zero-order valence-electron chi connectivity index (χ0n) is 12.4. The molecule has 1 unspecified atom stereocenters. The van der Waals surface area contributed by atoms with Gasteiger partial charge in [-0.25, -0.2) is 0 Å². The molecule has 1 fully saturated rings. The smallest absolute Gasteiger partial charge is 0.324 e. The molecule has 0 aliphatic carbocycles. The maximum Gasteiger partial charge on any atom is 0.324 e. The van der Waals surface area contributed by atoms with Crippen molar-refractivity contribution in [2.45, 2.75) is 19.5 Å². The molecule has 0 spiro atoms. The molecule has 0 bridgehead atoms. The van der Waals surface area contributed by atoms with Crippen LogP contribution in [0.2, 0.25) is 5.02 Å². The van der Waals surface area contributed by atoms with E-state index in [9.17, 15) is 4.79 Å². The molecular weight excluding hydrogens is 292 g/mol. The molecule has 1 aliphatic rings. The molecular formula is C15H21ClN2O3. The number of methoxy groups -OCH3 is 1. The monoisotopic (exact) mass is 312 g/mol. The number of hydrogen-bond donors (Lipinski definition) is 1. The lowest BCUT2D eigenvalue weighted by atomic mass is 10.1. The number of nitrogens with one attached hydrogen (secondary N) is 1. The van der Waals surface area contributed by atoms with E-state index >= 15 is 0 Å². The van der Waals surface area contributed by atoms with Crippen molar-refractivity contribution in [2.24, 2.45) is 0 Å². The van der Waals surface area contributed by atoms with Gasteiger partial charge in [0.25, 0.3) is 0 Å². The highest BCUT2D eigenvalue weighted by molar-refractivity contribution is 6.32. The van der Waals surface area contributed by atoms with Crippen LogP contribution in [0.15, 0.2) is 18.2 Å². The van der Waals surface area contributed by atoms with Gasteiger partial charge in [-0.1, -0.05) is 17.7 Å². The van der Waals surface area contributed by atoms with Crippen LogP contribution in [0.5, 0.6) is 5.75 Å². The molecule has 0 radical (unpaired) electrons. The van der Waals surface area contributed by atoms with Crippen molar-refractivity contribution < 1.29 is 14.3 Å². The van der Waals surface area contributed by atoms with Gasteiger partial charge in [-0.3, -0.25) is 9.69 Å². The predicted octanol–water partition coefficient (Wildman–Crippen LogP) is 1.69. The molecule has 116 valence electrons. The summed E-state index contributed by atoms with van der Waals surface area (Å²) in [5.74, 6) is 0.479. The number of piperazine rings is 1. The highest BCUT2D eigenvalue weighted by Crippen LogP contribution is 2.26. The second kappa shape index (κ2) is 7.64. The molecule has 1 aliphatic heterocycles. The second-order valence-corrected chi connectivity index (χ2v) is 5.32. The molecule has 5 nitrogen and oxygen atoms in total. The zero-order valence-corrected chi connectivity index (χ0v) is 13.2. The molecule has 6 heteroatoms. The lowest BCUT2D eigenvalue weighted by Crippen LogP contribution is -2.54. The maximum atomic E-state index is 12.0. The third-order valence-corrected chi connectivity index (χ3v) is 3.81. The number of carbonyl (C=O) groups is 1. The van der Waals surface area contributed by atoms with Gasteiger partial charge in [0.15, 0.2) is 0 Å². The predicted molar refractivity (Wildman–Crippen MR) is 81.7 cm³/mol. The lowest BCUT2D eigenvalue weighted by Gasteiger charge is -2.34. The maximum absolute atomic E-state index is 12.0. The fraction of sp³-hybridized carbons (Fsp3) is 0.533. The average Bonchev–Trinajstić information content (AvgIpc) is 2.48. The normalized spacial score (nSPS) is 19.3. The van der Waals surface area contributed by atoms with Gasteiger partial charge >= 0.3 is 5.97 Å². The molecule has 1 heterocycles. The van der Waals surface area contributed by atoms with E-state index in [0.717, 1.165) is 18.7 Å². The summed E-state index contributed by atoms with van der Waals surface area (Å²) in [6.07, 6.45) is 0. The lowest BCUT2D eigenvalue weighted by molar-refractivity contribution is -0.150. The number of benzene rings is 1. The number of carbonyl (C=O) groups excluding carboxylic acids is 1. The van der Waals surface area contributed by atoms with Crippen LogP contribution >= 0.6 is 11.6 Å². The van der Waals surface area contributed by atoms with Crippen molar-refractivity contribution in [1.29, 1.82) is 0 Å². The molecule has 1 aromatic carbocycles. The van der Waals surface area contributed by atoms with E-state index < -0.39 is 0 Å². The quantitative estimate of drug-likeness (QED) is 0.839. The number of rotatable bonds is 5. The van der Waals surface area contributed by atoms with E-state index in [1.807, 2.05) is 25.1 Å². The van der Waals surface area contributed by atoms with Gasteiger partial charge in [-0.15, -0.1) is 0 Å². The molecule has 2 rings (SSSR count). The number of nitrogens with zero attached hydrogens (tertiary/aromatic N) is 1. The number of hydrogen-bond acceptors (Lipinski definition) is 5. The molecule has 0 aromatic heterocycles. The van der Waals surface area contributed by atoms with Gasteiger partial charge in [-0.05, 0) is 24.6 Å². The molecule has 0 saturated carbocycles. The summed E-state index contributed by atoms with van der Waals surface area (Å²) in [5, 5.41) is 3.81. The first-order valence-electron chi connectivity index (χ1n) is 7.09. The van der Waals surface area contributed by atoms with E-state index in [4.69, 9.17) is 21.1 Å². The fourth-order valence-electron chi connectivity index (χ4n) is 2.45. The number of halogens is 1. The molecule has 0 amide bonds. The van der Waals surface area contributed by atoms with Crippen LogP contribution in [-0.2, 0) is 16.1 Å². The van der Waals surface area contributed by atoms with Gasteiger partial charge in [-0.2, -0.15) is 0 Å². The van der Waals surface area contributed by atoms with Crippen LogP contribution in [0, 0.1) is 0 Å². The Hall–Kier alpha value is -1.30. The molecule has 1 aromatic rings. The van der Waals surface area contributed by atoms with Crippen LogP contribution in [0.1, 0.15) is 12.5 Å². The standard InChI is InChI=1S/C15H21ClN2O3/c1-3-21-15(19)13-9-17-6-7-18(13)10-11-4-5-14(20-2)12(16)8-11/h4-5,8,13,17H,3,6-7,9-10H2,1-2H3. The molecule has 21 heavy (non-hydrogen) atoms. The largest absolute Gasteiger partial charge is 0.495 e. The highest BCUT2D eigenvalue weighted by Gasteiger charge is 2.29. The Morgan fingerprint density at radius 2 is 2.33 bits per heavy atom. The Balaban J connectivity index is 2.08. The van der Waals surface area contributed by atoms with Crippen LogP contribution < -0.4 is 10.1 Å². The van der Waals surface area contributed by atoms with Gasteiger partial charge in [0.2, 0.25) is 0 Å². The first kappa shape index (κ1) is 16.1. The second-order valence-electron chi connectivity index (χ2n) is 4.91. The SMILES string of the molecule is CCOC(=O)C1CNCCN1Cc1ccc(OC)c(Cl)c1. The van der Waals surface area contributed by atoms with Crippen molar-refractivity contribution >= 4 is 17.6 Å². The van der Waals surface area contributed by atoms with Crippen LogP contribution in [-0.4, -0.2) is 50.3 Å². The Labute approximate surface area is 130 Å². The average molecular weight is 313 g/mol. The summed E-state index contributed by atoms with van der Waals surface area (Å²) in [7, 11) is 1.59. The van der Waals surface area contributed by atoms with Crippen molar-refractivity contribution in [2.75, 3.05) is 33.4 Å². The van der Waals surface area contributed by atoms with E-state index in [1.165, 1.54) is 0 Å². The summed E-state index contributed by atoms with van der Waals surface area (Å²) in [6.45, 7) is 5.16. The van der Waals surface area contributed by atoms with Crippen molar-refractivity contribution in [3.05, 3.63) is 28.8 Å². The van der Waals surface area contributed by atoms with Crippen molar-refractivity contribution in [3.63, 3.8) is 0 Å². The number of esters is 1. The third kappa shape index (κ3) is 4.09. The van der Waals surface area contributed by atoms with Crippen LogP contribution in [0.3, 0.4) is 0 Å². The Morgan fingerprint density at radius 1 is 1.52 bits per heavy atom. The minimum atomic E-state index is -0.250. The summed E-state index contributed by atoms with van der Waals surface area (Å²) in [4.78, 5) is 14.1. The topological polar surface area (TPSA) is 50.8 Å². The summed E-state index contributed by atoms with van der Waals surface area (Å²) in [5.41, 5.74) is 1.05. The van der Waals surface area contributed by atoms with Crippen LogP contribution in [0.4, 0.5) is 0 Å². The Kier molecular flexibility index (Phi) is 5.85. The summed E-state index contributed by atoms with van der Waals surface area (Å²) < 4.78 is 10.3. The highest BCUT2D eigenvalue weighted by atomic mass is 35.5. The van der Waals surface area contributed by atoms with Crippen molar-refractivity contribution in [3.8, 4) is 5.75 Å². The summed E-state index contributed by atoms with van der Waals surface area (Å²) >= 11 is 6.15. The Bertz CT molecular complexity index is 496. The minimum absolute atomic E-state index is 0.177. The van der Waals surface area contributed by atoms with Crippen molar-refractivity contribution in [1.82, 2.24) is 10.2 Å². The first-order chi connectivity index (χ1) is 10.2. The van der Waals surface area contributed by atoms with E-state index in [2.05, 4.69) is 10.2 Å². The zero-order chi connectivity index (χ0) is 15.2. The van der Waals surface area contributed by atoms with E-state index in [-0.39, 0.29) is 12.0 Å². The fourth-order valence-corrected chi connectivity index (χ4v) is 2.73. The molecule has 1 N–H and O–H groups in total. The Morgan fingerprint density at radius 3 is 3.00 bits per heavy atom. The van der Waals surface area contributed by atoms with E-state index in [1.54, 1.807) is 7.11 Å². The van der Waals surface area contributed by atoms with Gasteiger partial charge < -0.3 is 14.8 Å². The third-order valence-electron chi connectivity index (χ3n) is 3.51. The van der Waals surface area contributed by atoms with Gasteiger partial charge in [0, 0.05) is 26.2 Å². The van der Waals surface area contributed by atoms with Crippen LogP contribution in [0.25, 0.3) is 0 Å². The van der Waals surface area contributed by atoms with Gasteiger partial charge in [0.05, 0.1) is 18.7 Å². The number of ether oxygens (including phenoxy) is 2. The molecule has 1 saturated heterocycles. The minimum Gasteiger partial charge on any atom is -0.495 e. The van der Waals surface area contributed by atoms with E-state index in [0.29, 0.717) is 30.5 Å². The molecule has 1 atom stereocenters. The summed E-state index contributed by atoms with van der Waals surface area (Å²) in [6, 6.07) is 5.44. The van der Waals surface area contributed by atoms with Gasteiger partial charge in [0.1, 0.15) is 11.8 Å².